The molecular formula is C17H26N2O2. The third-order valence-electron chi connectivity index (χ3n) is 4.19. The summed E-state index contributed by atoms with van der Waals surface area (Å²) < 4.78 is 5.41. The highest BCUT2D eigenvalue weighted by Crippen LogP contribution is 2.25. The van der Waals surface area contributed by atoms with E-state index < -0.39 is 0 Å². The van der Waals surface area contributed by atoms with Crippen molar-refractivity contribution < 1.29 is 9.53 Å². The van der Waals surface area contributed by atoms with Crippen molar-refractivity contribution in [3.63, 3.8) is 0 Å². The van der Waals surface area contributed by atoms with Gasteiger partial charge in [0.15, 0.2) is 0 Å². The number of ether oxygens (including phenoxy) is 1. The fourth-order valence-electron chi connectivity index (χ4n) is 2.89. The lowest BCUT2D eigenvalue weighted by Gasteiger charge is -2.29. The van der Waals surface area contributed by atoms with Gasteiger partial charge < -0.3 is 15.4 Å². The van der Waals surface area contributed by atoms with E-state index in [9.17, 15) is 4.79 Å². The fraction of sp³-hybridized carbons (Fsp3) is 0.588. The van der Waals surface area contributed by atoms with Gasteiger partial charge in [0.05, 0.1) is 6.10 Å². The number of carbonyl (C=O) groups excluding carboxylic acids is 1. The van der Waals surface area contributed by atoms with E-state index in [0.717, 1.165) is 42.5 Å². The predicted molar refractivity (Wildman–Crippen MR) is 85.9 cm³/mol. The van der Waals surface area contributed by atoms with Crippen LogP contribution in [0.1, 0.15) is 48.5 Å². The smallest absolute Gasteiger partial charge is 0.251 e. The first kappa shape index (κ1) is 15.8. The third kappa shape index (κ3) is 4.21. The molecule has 1 aliphatic carbocycles. The number of hydrogen-bond acceptors (Lipinski definition) is 3. The Morgan fingerprint density at radius 1 is 1.29 bits per heavy atom. The molecule has 21 heavy (non-hydrogen) atoms. The fourth-order valence-corrected chi connectivity index (χ4v) is 2.89. The predicted octanol–water partition coefficient (Wildman–Crippen LogP) is 3.11. The Kier molecular flexibility index (Phi) is 5.62. The molecule has 1 aliphatic rings. The number of methoxy groups -OCH3 is 1. The lowest BCUT2D eigenvalue weighted by molar-refractivity contribution is 0.0682. The molecule has 0 heterocycles. The van der Waals surface area contributed by atoms with Crippen molar-refractivity contribution in [2.24, 2.45) is 0 Å². The van der Waals surface area contributed by atoms with Crippen molar-refractivity contribution >= 4 is 11.6 Å². The van der Waals surface area contributed by atoms with Crippen molar-refractivity contribution in [1.29, 1.82) is 0 Å². The average Bonchev–Trinajstić information content (AvgIpc) is 2.50. The van der Waals surface area contributed by atoms with Gasteiger partial charge >= 0.3 is 0 Å². The zero-order chi connectivity index (χ0) is 15.2. The van der Waals surface area contributed by atoms with Gasteiger partial charge in [-0.05, 0) is 63.3 Å². The van der Waals surface area contributed by atoms with Crippen LogP contribution in [0.2, 0.25) is 0 Å². The molecule has 1 saturated carbocycles. The van der Waals surface area contributed by atoms with E-state index in [-0.39, 0.29) is 5.91 Å². The van der Waals surface area contributed by atoms with Gasteiger partial charge in [0.25, 0.3) is 5.91 Å². The van der Waals surface area contributed by atoms with Crippen LogP contribution in [0.5, 0.6) is 0 Å². The van der Waals surface area contributed by atoms with E-state index in [1.807, 2.05) is 32.0 Å². The van der Waals surface area contributed by atoms with E-state index in [1.54, 1.807) is 7.11 Å². The summed E-state index contributed by atoms with van der Waals surface area (Å²) in [6.07, 6.45) is 4.92. The molecule has 1 aromatic carbocycles. The molecule has 0 atom stereocenters. The van der Waals surface area contributed by atoms with Crippen LogP contribution in [0.15, 0.2) is 18.2 Å². The van der Waals surface area contributed by atoms with Crippen LogP contribution in [0.3, 0.4) is 0 Å². The second-order valence-electron chi connectivity index (χ2n) is 5.74. The summed E-state index contributed by atoms with van der Waals surface area (Å²) in [5, 5.41) is 6.43. The number of amides is 1. The summed E-state index contributed by atoms with van der Waals surface area (Å²) >= 11 is 0. The van der Waals surface area contributed by atoms with Gasteiger partial charge in [-0.25, -0.2) is 0 Å². The van der Waals surface area contributed by atoms with Crippen LogP contribution >= 0.6 is 0 Å². The van der Waals surface area contributed by atoms with Crippen molar-refractivity contribution in [2.75, 3.05) is 19.0 Å². The molecule has 116 valence electrons. The van der Waals surface area contributed by atoms with Gasteiger partial charge in [-0.1, -0.05) is 0 Å². The number of anilines is 1. The molecule has 0 bridgehead atoms. The van der Waals surface area contributed by atoms with Crippen molar-refractivity contribution in [3.8, 4) is 0 Å². The summed E-state index contributed by atoms with van der Waals surface area (Å²) in [5.41, 5.74) is 2.97. The number of nitrogens with one attached hydrogen (secondary N) is 2. The minimum atomic E-state index is -0.00671. The largest absolute Gasteiger partial charge is 0.382 e. The van der Waals surface area contributed by atoms with E-state index >= 15 is 0 Å². The van der Waals surface area contributed by atoms with Crippen LogP contribution in [0, 0.1) is 6.92 Å². The minimum Gasteiger partial charge on any atom is -0.382 e. The van der Waals surface area contributed by atoms with Gasteiger partial charge in [-0.15, -0.1) is 0 Å². The molecule has 0 saturated heterocycles. The molecule has 0 radical (unpaired) electrons. The zero-order valence-corrected chi connectivity index (χ0v) is 13.2. The molecule has 1 amide bonds. The molecule has 4 nitrogen and oxygen atoms in total. The highest BCUT2D eigenvalue weighted by Gasteiger charge is 2.21. The summed E-state index contributed by atoms with van der Waals surface area (Å²) in [6.45, 7) is 4.63. The van der Waals surface area contributed by atoms with Crippen molar-refractivity contribution in [2.45, 2.75) is 51.7 Å². The average molecular weight is 290 g/mol. The standard InChI is InChI=1S/C17H26N2O2/c1-4-18-17(20)13-5-10-16(12(2)11-13)19-14-6-8-15(21-3)9-7-14/h5,10-11,14-15,19H,4,6-9H2,1-3H3,(H,18,20). The number of carbonyl (C=O) groups is 1. The Bertz CT molecular complexity index is 480. The molecule has 0 unspecified atom stereocenters. The van der Waals surface area contributed by atoms with Gasteiger partial charge in [0, 0.05) is 30.9 Å². The van der Waals surface area contributed by atoms with Gasteiger partial charge in [-0.3, -0.25) is 4.79 Å². The Balaban J connectivity index is 1.97. The Morgan fingerprint density at radius 2 is 2.00 bits per heavy atom. The van der Waals surface area contributed by atoms with Gasteiger partial charge in [-0.2, -0.15) is 0 Å². The number of rotatable bonds is 5. The Labute approximate surface area is 127 Å². The second kappa shape index (κ2) is 7.46. The maximum Gasteiger partial charge on any atom is 0.251 e. The monoisotopic (exact) mass is 290 g/mol. The van der Waals surface area contributed by atoms with E-state index in [1.165, 1.54) is 0 Å². The van der Waals surface area contributed by atoms with Crippen LogP contribution in [0.4, 0.5) is 5.69 Å². The van der Waals surface area contributed by atoms with E-state index in [2.05, 4.69) is 10.6 Å². The molecule has 4 heteroatoms. The molecule has 2 rings (SSSR count). The molecule has 1 fully saturated rings. The van der Waals surface area contributed by atoms with Gasteiger partial charge in [0.2, 0.25) is 0 Å². The van der Waals surface area contributed by atoms with Crippen molar-refractivity contribution in [1.82, 2.24) is 5.32 Å². The van der Waals surface area contributed by atoms with E-state index in [4.69, 9.17) is 4.74 Å². The van der Waals surface area contributed by atoms with Gasteiger partial charge in [0.1, 0.15) is 0 Å². The topological polar surface area (TPSA) is 50.4 Å². The van der Waals surface area contributed by atoms with Crippen molar-refractivity contribution in [3.05, 3.63) is 29.3 Å². The van der Waals surface area contributed by atoms with Crippen LogP contribution in [0.25, 0.3) is 0 Å². The first-order chi connectivity index (χ1) is 10.1. The Morgan fingerprint density at radius 3 is 2.57 bits per heavy atom. The van der Waals surface area contributed by atoms with E-state index in [0.29, 0.717) is 18.7 Å². The zero-order valence-electron chi connectivity index (χ0n) is 13.2. The lowest BCUT2D eigenvalue weighted by atomic mass is 9.92. The highest BCUT2D eigenvalue weighted by atomic mass is 16.5. The molecule has 0 spiro atoms. The molecule has 2 N–H and O–H groups in total. The molecule has 0 aromatic heterocycles. The van der Waals surface area contributed by atoms with Crippen LogP contribution < -0.4 is 10.6 Å². The maximum atomic E-state index is 11.8. The van der Waals surface area contributed by atoms with Crippen LogP contribution in [-0.4, -0.2) is 31.7 Å². The summed E-state index contributed by atoms with van der Waals surface area (Å²) in [5.74, 6) is -0.00671. The Hall–Kier alpha value is -1.55. The second-order valence-corrected chi connectivity index (χ2v) is 5.74. The number of hydrogen-bond donors (Lipinski definition) is 2. The first-order valence-electron chi connectivity index (χ1n) is 7.82. The minimum absolute atomic E-state index is 0.00671. The molecule has 0 aliphatic heterocycles. The summed E-state index contributed by atoms with van der Waals surface area (Å²) in [4.78, 5) is 11.8. The highest BCUT2D eigenvalue weighted by molar-refractivity contribution is 5.94. The molecule has 1 aromatic rings. The normalized spacial score (nSPS) is 21.9. The first-order valence-corrected chi connectivity index (χ1v) is 7.82. The quantitative estimate of drug-likeness (QED) is 0.876. The lowest BCUT2D eigenvalue weighted by Crippen LogP contribution is -2.29. The number of aryl methyl sites for hydroxylation is 1. The van der Waals surface area contributed by atoms with Crippen LogP contribution in [-0.2, 0) is 4.74 Å². The third-order valence-corrected chi connectivity index (χ3v) is 4.19. The SMILES string of the molecule is CCNC(=O)c1ccc(NC2CCC(OC)CC2)c(C)c1. The maximum absolute atomic E-state index is 11.8. The number of benzene rings is 1. The molecular weight excluding hydrogens is 264 g/mol. The summed E-state index contributed by atoms with van der Waals surface area (Å²) in [7, 11) is 1.79. The summed E-state index contributed by atoms with van der Waals surface area (Å²) in [6, 6.07) is 6.36.